The van der Waals surface area contributed by atoms with Crippen molar-refractivity contribution in [1.82, 2.24) is 4.90 Å². The number of ether oxygens (including phenoxy) is 1. The maximum Gasteiger partial charge on any atom is 0.294 e. The first-order chi connectivity index (χ1) is 13.3. The average molecular weight is 489 g/mol. The fourth-order valence-corrected chi connectivity index (χ4v) is 3.89. The molecule has 0 bridgehead atoms. The highest BCUT2D eigenvalue weighted by Gasteiger charge is 2.26. The van der Waals surface area contributed by atoms with Crippen molar-refractivity contribution in [3.8, 4) is 5.75 Å². The minimum atomic E-state index is -0.448. The molecule has 28 heavy (non-hydrogen) atoms. The van der Waals surface area contributed by atoms with E-state index in [2.05, 4.69) is 15.9 Å². The van der Waals surface area contributed by atoms with E-state index in [0.717, 1.165) is 0 Å². The highest BCUT2D eigenvalue weighted by atomic mass is 79.9. The number of nitro benzene ring substituents is 1. The first-order valence-electron chi connectivity index (χ1n) is 8.39. The Morgan fingerprint density at radius 3 is 2.39 bits per heavy atom. The highest BCUT2D eigenvalue weighted by Crippen LogP contribution is 2.32. The number of nitrogens with zero attached hydrogens (tertiary/aromatic N) is 3. The Morgan fingerprint density at radius 1 is 1.11 bits per heavy atom. The molecular formula is C18H16BrCl2N3O4. The Hall–Kier alpha value is -2.03. The average Bonchev–Trinajstić information content (AvgIpc) is 2.67. The Morgan fingerprint density at radius 2 is 1.75 bits per heavy atom. The summed E-state index contributed by atoms with van der Waals surface area (Å²) in [6.07, 6.45) is 0. The minimum absolute atomic E-state index is 0.0387. The molecule has 0 radical (unpaired) electrons. The van der Waals surface area contributed by atoms with Crippen molar-refractivity contribution >= 4 is 56.4 Å². The van der Waals surface area contributed by atoms with E-state index in [1.807, 2.05) is 4.90 Å². The molecule has 0 spiro atoms. The van der Waals surface area contributed by atoms with Gasteiger partial charge in [0.05, 0.1) is 9.40 Å². The Balaban J connectivity index is 1.58. The lowest BCUT2D eigenvalue weighted by molar-refractivity contribution is -0.384. The molecule has 0 aromatic heterocycles. The second-order valence-corrected chi connectivity index (χ2v) is 7.85. The van der Waals surface area contributed by atoms with Gasteiger partial charge in [-0.3, -0.25) is 14.9 Å². The Kier molecular flexibility index (Phi) is 6.64. The maximum atomic E-state index is 12.4. The molecule has 7 nitrogen and oxygen atoms in total. The SMILES string of the molecule is O=C(COc1ccc(Cl)cc1Br)N1CCN(c2ccc(Cl)cc2[N+](=O)[O-])CC1. The maximum absolute atomic E-state index is 12.4. The van der Waals surface area contributed by atoms with Gasteiger partial charge in [0, 0.05) is 42.3 Å². The largest absolute Gasteiger partial charge is 0.483 e. The van der Waals surface area contributed by atoms with Crippen LogP contribution in [0.15, 0.2) is 40.9 Å². The summed E-state index contributed by atoms with van der Waals surface area (Å²) < 4.78 is 6.24. The van der Waals surface area contributed by atoms with Crippen LogP contribution < -0.4 is 9.64 Å². The number of halogens is 3. The van der Waals surface area contributed by atoms with E-state index in [-0.39, 0.29) is 18.2 Å². The first-order valence-corrected chi connectivity index (χ1v) is 9.94. The molecule has 0 unspecified atom stereocenters. The molecule has 2 aromatic carbocycles. The topological polar surface area (TPSA) is 75.9 Å². The third-order valence-electron chi connectivity index (χ3n) is 4.35. The first kappa shape index (κ1) is 20.7. The minimum Gasteiger partial charge on any atom is -0.483 e. The fourth-order valence-electron chi connectivity index (χ4n) is 2.93. The van der Waals surface area contributed by atoms with E-state index in [4.69, 9.17) is 27.9 Å². The fraction of sp³-hybridized carbons (Fsp3) is 0.278. The van der Waals surface area contributed by atoms with E-state index >= 15 is 0 Å². The second kappa shape index (κ2) is 8.98. The lowest BCUT2D eigenvalue weighted by Gasteiger charge is -2.35. The van der Waals surface area contributed by atoms with Gasteiger partial charge in [0.2, 0.25) is 0 Å². The van der Waals surface area contributed by atoms with Crippen molar-refractivity contribution in [2.45, 2.75) is 0 Å². The lowest BCUT2D eigenvalue weighted by atomic mass is 10.2. The van der Waals surface area contributed by atoms with Gasteiger partial charge in [0.25, 0.3) is 11.6 Å². The molecule has 0 saturated carbocycles. The van der Waals surface area contributed by atoms with Crippen LogP contribution in [0.3, 0.4) is 0 Å². The summed E-state index contributed by atoms with van der Waals surface area (Å²) in [6.45, 7) is 1.77. The summed E-state index contributed by atoms with van der Waals surface area (Å²) in [6, 6.07) is 9.67. The lowest BCUT2D eigenvalue weighted by Crippen LogP contribution is -2.50. The predicted molar refractivity (Wildman–Crippen MR) is 112 cm³/mol. The number of hydrogen-bond acceptors (Lipinski definition) is 5. The smallest absolute Gasteiger partial charge is 0.294 e. The number of nitro groups is 1. The molecule has 2 aromatic rings. The zero-order chi connectivity index (χ0) is 20.3. The standard InChI is InChI=1S/C18H16BrCl2N3O4/c19-14-9-12(20)2-4-17(14)28-11-18(25)23-7-5-22(6-8-23)15-3-1-13(21)10-16(15)24(26)27/h1-4,9-10H,5-8,11H2. The quantitative estimate of drug-likeness (QED) is 0.460. The summed E-state index contributed by atoms with van der Waals surface area (Å²) in [5.41, 5.74) is 0.464. The third kappa shape index (κ3) is 4.87. The van der Waals surface area contributed by atoms with Gasteiger partial charge in [-0.25, -0.2) is 0 Å². The molecule has 1 saturated heterocycles. The Labute approximate surface area is 180 Å². The van der Waals surface area contributed by atoms with E-state index in [1.165, 1.54) is 6.07 Å². The number of rotatable bonds is 5. The number of carbonyl (C=O) groups is 1. The number of benzene rings is 2. The number of anilines is 1. The van der Waals surface area contributed by atoms with Gasteiger partial charge < -0.3 is 14.5 Å². The number of piperazine rings is 1. The zero-order valence-corrected chi connectivity index (χ0v) is 17.7. The molecule has 1 fully saturated rings. The third-order valence-corrected chi connectivity index (χ3v) is 5.44. The van der Waals surface area contributed by atoms with Crippen LogP contribution in [-0.4, -0.2) is 48.5 Å². The van der Waals surface area contributed by atoms with Crippen LogP contribution in [0.4, 0.5) is 11.4 Å². The molecule has 0 N–H and O–H groups in total. The van der Waals surface area contributed by atoms with Crippen molar-refractivity contribution in [2.24, 2.45) is 0 Å². The van der Waals surface area contributed by atoms with E-state index in [0.29, 0.717) is 52.1 Å². The number of hydrogen-bond donors (Lipinski definition) is 0. The van der Waals surface area contributed by atoms with E-state index in [1.54, 1.807) is 35.2 Å². The van der Waals surface area contributed by atoms with Crippen LogP contribution in [0.25, 0.3) is 0 Å². The summed E-state index contributed by atoms with van der Waals surface area (Å²) in [5, 5.41) is 12.2. The van der Waals surface area contributed by atoms with Crippen LogP contribution >= 0.6 is 39.1 Å². The van der Waals surface area contributed by atoms with Crippen LogP contribution in [0.2, 0.25) is 10.0 Å². The molecule has 3 rings (SSSR count). The highest BCUT2D eigenvalue weighted by molar-refractivity contribution is 9.10. The van der Waals surface area contributed by atoms with Gasteiger partial charge in [-0.1, -0.05) is 23.2 Å². The van der Waals surface area contributed by atoms with Gasteiger partial charge in [0.15, 0.2) is 6.61 Å². The van der Waals surface area contributed by atoms with Gasteiger partial charge >= 0.3 is 0 Å². The molecule has 1 aliphatic heterocycles. The summed E-state index contributed by atoms with van der Waals surface area (Å²) in [7, 11) is 0. The number of amides is 1. The molecule has 10 heteroatoms. The van der Waals surface area contributed by atoms with Crippen LogP contribution in [-0.2, 0) is 4.79 Å². The molecular weight excluding hydrogens is 473 g/mol. The van der Waals surface area contributed by atoms with Gasteiger partial charge in [-0.2, -0.15) is 0 Å². The normalized spacial score (nSPS) is 14.1. The molecule has 148 valence electrons. The van der Waals surface area contributed by atoms with Crippen LogP contribution in [0.1, 0.15) is 0 Å². The summed E-state index contributed by atoms with van der Waals surface area (Å²) >= 11 is 15.1. The van der Waals surface area contributed by atoms with Crippen molar-refractivity contribution in [3.05, 3.63) is 61.0 Å². The molecule has 1 aliphatic rings. The van der Waals surface area contributed by atoms with Crippen molar-refractivity contribution in [2.75, 3.05) is 37.7 Å². The van der Waals surface area contributed by atoms with E-state index in [9.17, 15) is 14.9 Å². The predicted octanol–water partition coefficient (Wildman–Crippen LogP) is 4.39. The van der Waals surface area contributed by atoms with Crippen molar-refractivity contribution in [1.29, 1.82) is 0 Å². The van der Waals surface area contributed by atoms with Crippen molar-refractivity contribution in [3.63, 3.8) is 0 Å². The Bertz CT molecular complexity index is 904. The second-order valence-electron chi connectivity index (χ2n) is 6.12. The van der Waals surface area contributed by atoms with Gasteiger partial charge in [0.1, 0.15) is 11.4 Å². The van der Waals surface area contributed by atoms with Crippen LogP contribution in [0.5, 0.6) is 5.75 Å². The molecule has 0 atom stereocenters. The monoisotopic (exact) mass is 487 g/mol. The van der Waals surface area contributed by atoms with Crippen LogP contribution in [0, 0.1) is 10.1 Å². The van der Waals surface area contributed by atoms with E-state index < -0.39 is 4.92 Å². The van der Waals surface area contributed by atoms with Crippen molar-refractivity contribution < 1.29 is 14.5 Å². The summed E-state index contributed by atoms with van der Waals surface area (Å²) in [5.74, 6) is 0.389. The molecule has 0 aliphatic carbocycles. The van der Waals surface area contributed by atoms with Gasteiger partial charge in [-0.15, -0.1) is 0 Å². The number of carbonyl (C=O) groups excluding carboxylic acids is 1. The zero-order valence-electron chi connectivity index (χ0n) is 14.6. The van der Waals surface area contributed by atoms with Gasteiger partial charge in [-0.05, 0) is 46.3 Å². The molecule has 1 heterocycles. The summed E-state index contributed by atoms with van der Waals surface area (Å²) in [4.78, 5) is 26.8. The molecule has 1 amide bonds.